The number of carboxylic acids is 1. The van der Waals surface area contributed by atoms with Crippen LogP contribution in [0, 0.1) is 23.6 Å². The van der Waals surface area contributed by atoms with Gasteiger partial charge in [-0.3, -0.25) is 0 Å². The Hall–Kier alpha value is -0.810. The Morgan fingerprint density at radius 2 is 2.09 bits per heavy atom. The van der Waals surface area contributed by atoms with Crippen LogP contribution in [0.3, 0.4) is 0 Å². The van der Waals surface area contributed by atoms with E-state index in [1.807, 2.05) is 0 Å². The topological polar surface area (TPSA) is 50.2 Å². The molecule has 1 aromatic rings. The van der Waals surface area contributed by atoms with Gasteiger partial charge in [-0.15, -0.1) is 11.8 Å². The first-order valence-electron chi connectivity index (χ1n) is 7.94. The van der Waals surface area contributed by atoms with Crippen LogP contribution in [-0.4, -0.2) is 22.3 Å². The number of aromatic carboxylic acids is 1. The first-order chi connectivity index (χ1) is 10.8. The van der Waals surface area contributed by atoms with Crippen molar-refractivity contribution in [2.24, 2.45) is 17.8 Å². The number of thioether (sulfide) groups is 1. The predicted molar refractivity (Wildman–Crippen MR) is 92.0 cm³/mol. The van der Waals surface area contributed by atoms with Gasteiger partial charge in [0.25, 0.3) is 0 Å². The van der Waals surface area contributed by atoms with Crippen molar-refractivity contribution in [2.45, 2.75) is 51.0 Å². The highest BCUT2D eigenvalue weighted by Gasteiger charge is 2.37. The van der Waals surface area contributed by atoms with E-state index in [0.717, 1.165) is 31.0 Å². The van der Waals surface area contributed by atoms with Crippen LogP contribution in [0.15, 0.2) is 5.03 Å². The molecule has 23 heavy (non-hydrogen) atoms. The molecule has 0 radical (unpaired) electrons. The molecule has 1 heterocycles. The summed E-state index contributed by atoms with van der Waals surface area (Å²) in [5.41, 5.74) is 0.296. The van der Waals surface area contributed by atoms with Gasteiger partial charge in [0.2, 0.25) is 0 Å². The van der Waals surface area contributed by atoms with Gasteiger partial charge in [0.15, 0.2) is 5.82 Å². The summed E-state index contributed by atoms with van der Waals surface area (Å²) in [4.78, 5) is 16.1. The lowest BCUT2D eigenvalue weighted by Crippen LogP contribution is -2.28. The van der Waals surface area contributed by atoms with Crippen LogP contribution in [0.25, 0.3) is 0 Å². The second-order valence-corrected chi connectivity index (χ2v) is 7.92. The monoisotopic (exact) mass is 359 g/mol. The summed E-state index contributed by atoms with van der Waals surface area (Å²) < 4.78 is 14.2. The summed E-state index contributed by atoms with van der Waals surface area (Å²) in [6.07, 6.45) is 4.75. The van der Waals surface area contributed by atoms with Gasteiger partial charge < -0.3 is 5.11 Å². The zero-order valence-corrected chi connectivity index (χ0v) is 15.5. The van der Waals surface area contributed by atoms with Crippen molar-refractivity contribution < 1.29 is 14.3 Å². The highest BCUT2D eigenvalue weighted by atomic mass is 35.5. The number of carboxylic acid groups (broad SMARTS) is 1. The van der Waals surface area contributed by atoms with Gasteiger partial charge in [-0.2, -0.15) is 0 Å². The molecule has 1 N–H and O–H groups in total. The minimum atomic E-state index is -1.20. The van der Waals surface area contributed by atoms with Crippen LogP contribution < -0.4 is 0 Å². The first kappa shape index (κ1) is 18.5. The van der Waals surface area contributed by atoms with Crippen molar-refractivity contribution in [3.05, 3.63) is 22.1 Å². The number of nitrogens with zero attached hydrogens (tertiary/aromatic N) is 1. The molecule has 0 aromatic carbocycles. The SMILES string of the molecule is CSc1nc([C@H]2C[C@@H](C)CC[C@@H]2C(C)C)c(C(=O)O)c(Cl)c1F. The van der Waals surface area contributed by atoms with E-state index in [1.54, 1.807) is 6.26 Å². The molecule has 2 rings (SSSR count). The second-order valence-electron chi connectivity index (χ2n) is 6.75. The Morgan fingerprint density at radius 1 is 1.43 bits per heavy atom. The maximum atomic E-state index is 14.2. The molecular weight excluding hydrogens is 337 g/mol. The Balaban J connectivity index is 2.63. The minimum absolute atomic E-state index is 0.00819. The number of halogens is 2. The van der Waals surface area contributed by atoms with Gasteiger partial charge in [0.05, 0.1) is 10.7 Å². The van der Waals surface area contributed by atoms with Crippen LogP contribution in [0.1, 0.15) is 62.0 Å². The molecule has 1 fully saturated rings. The standard InChI is InChI=1S/C17H23ClFNO2S/c1-8(2)10-6-5-9(3)7-11(10)15-12(17(21)22)13(18)14(19)16(20-15)23-4/h8-11H,5-7H2,1-4H3,(H,21,22)/t9-,10+,11-/m0/s1. The van der Waals surface area contributed by atoms with Gasteiger partial charge in [0.1, 0.15) is 10.6 Å². The first-order valence-corrected chi connectivity index (χ1v) is 9.54. The third-order valence-electron chi connectivity index (χ3n) is 4.86. The van der Waals surface area contributed by atoms with Crippen LogP contribution >= 0.6 is 23.4 Å². The van der Waals surface area contributed by atoms with Gasteiger partial charge in [-0.25, -0.2) is 14.2 Å². The fourth-order valence-corrected chi connectivity index (χ4v) is 4.45. The largest absolute Gasteiger partial charge is 0.478 e. The van der Waals surface area contributed by atoms with Gasteiger partial charge in [0, 0.05) is 5.92 Å². The van der Waals surface area contributed by atoms with Crippen molar-refractivity contribution >= 4 is 29.3 Å². The molecule has 0 saturated heterocycles. The maximum absolute atomic E-state index is 14.2. The molecule has 1 aromatic heterocycles. The van der Waals surface area contributed by atoms with E-state index >= 15 is 0 Å². The third kappa shape index (κ3) is 3.66. The van der Waals surface area contributed by atoms with E-state index in [-0.39, 0.29) is 21.5 Å². The fourth-order valence-electron chi connectivity index (χ4n) is 3.65. The number of pyridine rings is 1. The summed E-state index contributed by atoms with van der Waals surface area (Å²) in [6, 6.07) is 0. The smallest absolute Gasteiger partial charge is 0.339 e. The molecule has 0 aliphatic heterocycles. The zero-order chi connectivity index (χ0) is 17.3. The summed E-state index contributed by atoms with van der Waals surface area (Å²) >= 11 is 7.21. The normalized spacial score (nSPS) is 24.9. The number of carbonyl (C=O) groups is 1. The zero-order valence-electron chi connectivity index (χ0n) is 13.9. The van der Waals surface area contributed by atoms with Crippen molar-refractivity contribution in [1.29, 1.82) is 0 Å². The quantitative estimate of drug-likeness (QED) is 0.724. The number of rotatable bonds is 4. The maximum Gasteiger partial charge on any atom is 0.339 e. The Bertz CT molecular complexity index is 609. The van der Waals surface area contributed by atoms with E-state index in [0.29, 0.717) is 23.4 Å². The summed E-state index contributed by atoms with van der Waals surface area (Å²) in [5, 5.41) is 9.42. The molecule has 6 heteroatoms. The van der Waals surface area contributed by atoms with Crippen molar-refractivity contribution in [1.82, 2.24) is 4.98 Å². The molecule has 0 unspecified atom stereocenters. The van der Waals surface area contributed by atoms with Gasteiger partial charge in [-0.05, 0) is 36.9 Å². The van der Waals surface area contributed by atoms with Crippen molar-refractivity contribution in [2.75, 3.05) is 6.26 Å². The molecule has 0 amide bonds. The summed E-state index contributed by atoms with van der Waals surface area (Å²) in [7, 11) is 0. The molecule has 0 spiro atoms. The van der Waals surface area contributed by atoms with E-state index in [9.17, 15) is 14.3 Å². The van der Waals surface area contributed by atoms with Crippen LogP contribution in [-0.2, 0) is 0 Å². The molecule has 128 valence electrons. The Labute approximate surface area is 146 Å². The molecule has 3 atom stereocenters. The van der Waals surface area contributed by atoms with E-state index in [2.05, 4.69) is 25.8 Å². The van der Waals surface area contributed by atoms with Crippen LogP contribution in [0.4, 0.5) is 4.39 Å². The number of aromatic nitrogens is 1. The lowest BCUT2D eigenvalue weighted by atomic mass is 9.68. The Morgan fingerprint density at radius 3 is 2.61 bits per heavy atom. The summed E-state index contributed by atoms with van der Waals surface area (Å²) in [5.74, 6) is -0.672. The minimum Gasteiger partial charge on any atom is -0.478 e. The molecule has 1 aliphatic rings. The average molecular weight is 360 g/mol. The van der Waals surface area contributed by atoms with Gasteiger partial charge in [-0.1, -0.05) is 38.8 Å². The molecule has 3 nitrogen and oxygen atoms in total. The molecule has 1 aliphatic carbocycles. The van der Waals surface area contributed by atoms with Crippen molar-refractivity contribution in [3.8, 4) is 0 Å². The molecular formula is C17H23ClFNO2S. The summed E-state index contributed by atoms with van der Waals surface area (Å²) in [6.45, 7) is 6.47. The van der Waals surface area contributed by atoms with E-state index in [4.69, 9.17) is 11.6 Å². The van der Waals surface area contributed by atoms with Crippen molar-refractivity contribution in [3.63, 3.8) is 0 Å². The fraction of sp³-hybridized carbons (Fsp3) is 0.647. The van der Waals surface area contributed by atoms with Crippen LogP contribution in [0.2, 0.25) is 5.02 Å². The van der Waals surface area contributed by atoms with E-state index in [1.165, 1.54) is 0 Å². The highest BCUT2D eigenvalue weighted by Crippen LogP contribution is 2.46. The third-order valence-corrected chi connectivity index (χ3v) is 5.87. The lowest BCUT2D eigenvalue weighted by molar-refractivity contribution is 0.0691. The number of hydrogen-bond donors (Lipinski definition) is 1. The Kier molecular flexibility index (Phi) is 5.95. The number of hydrogen-bond acceptors (Lipinski definition) is 3. The van der Waals surface area contributed by atoms with E-state index < -0.39 is 11.8 Å². The highest BCUT2D eigenvalue weighted by molar-refractivity contribution is 7.98. The second kappa shape index (κ2) is 7.39. The molecule has 1 saturated carbocycles. The molecule has 0 bridgehead atoms. The van der Waals surface area contributed by atoms with Gasteiger partial charge >= 0.3 is 5.97 Å². The van der Waals surface area contributed by atoms with Crippen LogP contribution in [0.5, 0.6) is 0 Å². The lowest BCUT2D eigenvalue weighted by Gasteiger charge is -2.37. The predicted octanol–water partition coefficient (Wildman–Crippen LogP) is 5.47. The average Bonchev–Trinajstić information content (AvgIpc) is 2.48.